The summed E-state index contributed by atoms with van der Waals surface area (Å²) in [5, 5.41) is 10.4. The molecule has 25 heavy (non-hydrogen) atoms. The van der Waals surface area contributed by atoms with Crippen LogP contribution in [0.3, 0.4) is 0 Å². The van der Waals surface area contributed by atoms with Gasteiger partial charge in [0.05, 0.1) is 10.6 Å². The molecule has 122 valence electrons. The molecule has 0 unspecified atom stereocenters. The molecule has 4 rings (SSSR count). The number of nitrogens with one attached hydrogen (secondary N) is 1. The molecule has 3 aromatic carbocycles. The van der Waals surface area contributed by atoms with Crippen molar-refractivity contribution in [2.45, 2.75) is 0 Å². The largest absolute Gasteiger partial charge is 0.278 e. The topological polar surface area (TPSA) is 44.2 Å². The Bertz CT molecular complexity index is 1020. The second kappa shape index (κ2) is 6.18. The van der Waals surface area contributed by atoms with Crippen LogP contribution in [0.4, 0.5) is 10.1 Å². The maximum atomic E-state index is 13.1. The van der Waals surface area contributed by atoms with Gasteiger partial charge in [-0.1, -0.05) is 42.5 Å². The van der Waals surface area contributed by atoms with Crippen LogP contribution in [0, 0.1) is 11.2 Å². The fraction of sp³-hybridized carbons (Fsp3) is 0. The van der Waals surface area contributed by atoms with Gasteiger partial charge in [-0.05, 0) is 58.4 Å². The smallest absolute Gasteiger partial charge is 0.271 e. The number of amidine groups is 1. The summed E-state index contributed by atoms with van der Waals surface area (Å²) in [4.78, 5) is 14.5. The Morgan fingerprint density at radius 1 is 0.960 bits per heavy atom. The normalized spacial score (nSPS) is 16.2. The SMILES string of the molecule is N=C1S/C(=C\c2cccc3ccccc23)C(=O)N1c1ccc(F)cc1. The molecule has 0 aromatic heterocycles. The predicted octanol–water partition coefficient (Wildman–Crippen LogP) is 5.03. The van der Waals surface area contributed by atoms with Gasteiger partial charge >= 0.3 is 0 Å². The van der Waals surface area contributed by atoms with Crippen molar-refractivity contribution in [2.24, 2.45) is 0 Å². The summed E-state index contributed by atoms with van der Waals surface area (Å²) < 4.78 is 13.1. The van der Waals surface area contributed by atoms with Gasteiger partial charge in [0.2, 0.25) is 0 Å². The average Bonchev–Trinajstić information content (AvgIpc) is 2.90. The molecule has 1 aliphatic rings. The molecule has 3 aromatic rings. The molecule has 0 saturated carbocycles. The maximum Gasteiger partial charge on any atom is 0.271 e. The first-order chi connectivity index (χ1) is 12.1. The lowest BCUT2D eigenvalue weighted by Gasteiger charge is -2.13. The molecule has 1 N–H and O–H groups in total. The standard InChI is InChI=1S/C20H13FN2OS/c21-15-8-10-16(11-9-15)23-19(24)18(25-20(23)22)12-14-6-3-5-13-4-1-2-7-17(13)14/h1-12,22H/b18-12-,22-20?. The number of halogens is 1. The van der Waals surface area contributed by atoms with Crippen molar-refractivity contribution in [3.63, 3.8) is 0 Å². The predicted molar refractivity (Wildman–Crippen MR) is 101 cm³/mol. The van der Waals surface area contributed by atoms with Crippen LogP contribution in [0.5, 0.6) is 0 Å². The van der Waals surface area contributed by atoms with Crippen LogP contribution in [0.15, 0.2) is 71.6 Å². The van der Waals surface area contributed by atoms with Gasteiger partial charge in [0.25, 0.3) is 5.91 Å². The lowest BCUT2D eigenvalue weighted by molar-refractivity contribution is -0.113. The Kier molecular flexibility index (Phi) is 3.86. The highest BCUT2D eigenvalue weighted by atomic mass is 32.2. The van der Waals surface area contributed by atoms with Gasteiger partial charge < -0.3 is 0 Å². The molecule has 0 bridgehead atoms. The quantitative estimate of drug-likeness (QED) is 0.660. The van der Waals surface area contributed by atoms with E-state index in [1.807, 2.05) is 48.5 Å². The summed E-state index contributed by atoms with van der Waals surface area (Å²) in [6.07, 6.45) is 1.81. The first-order valence-electron chi connectivity index (χ1n) is 7.69. The van der Waals surface area contributed by atoms with E-state index in [0.717, 1.165) is 28.1 Å². The van der Waals surface area contributed by atoms with Crippen LogP contribution < -0.4 is 4.90 Å². The zero-order valence-corrected chi connectivity index (χ0v) is 13.9. The Balaban J connectivity index is 1.74. The number of nitrogens with zero attached hydrogens (tertiary/aromatic N) is 1. The van der Waals surface area contributed by atoms with E-state index >= 15 is 0 Å². The molecule has 1 heterocycles. The highest BCUT2D eigenvalue weighted by Crippen LogP contribution is 2.36. The van der Waals surface area contributed by atoms with Crippen molar-refractivity contribution >= 4 is 45.4 Å². The second-order valence-corrected chi connectivity index (χ2v) is 6.63. The maximum absolute atomic E-state index is 13.1. The summed E-state index contributed by atoms with van der Waals surface area (Å²) in [6, 6.07) is 19.5. The van der Waals surface area contributed by atoms with Gasteiger partial charge in [-0.15, -0.1) is 0 Å². The van der Waals surface area contributed by atoms with Gasteiger partial charge in [0.1, 0.15) is 5.82 Å². The highest BCUT2D eigenvalue weighted by molar-refractivity contribution is 8.19. The number of carbonyl (C=O) groups is 1. The number of carbonyl (C=O) groups excluding carboxylic acids is 1. The molecule has 1 amide bonds. The van der Waals surface area contributed by atoms with E-state index in [2.05, 4.69) is 0 Å². The molecule has 1 saturated heterocycles. The van der Waals surface area contributed by atoms with Crippen LogP contribution in [0.2, 0.25) is 0 Å². The third-order valence-corrected chi connectivity index (χ3v) is 4.91. The molecule has 1 fully saturated rings. The molecule has 0 atom stereocenters. The number of benzene rings is 3. The Hall–Kier alpha value is -2.92. The van der Waals surface area contributed by atoms with Gasteiger partial charge in [-0.25, -0.2) is 4.39 Å². The second-order valence-electron chi connectivity index (χ2n) is 5.60. The zero-order chi connectivity index (χ0) is 17.4. The minimum Gasteiger partial charge on any atom is -0.278 e. The molecule has 5 heteroatoms. The monoisotopic (exact) mass is 348 g/mol. The van der Waals surface area contributed by atoms with Crippen LogP contribution in [-0.2, 0) is 4.79 Å². The average molecular weight is 348 g/mol. The van der Waals surface area contributed by atoms with Crippen molar-refractivity contribution in [1.82, 2.24) is 0 Å². The first kappa shape index (κ1) is 15.6. The fourth-order valence-corrected chi connectivity index (χ4v) is 3.68. The van der Waals surface area contributed by atoms with E-state index in [0.29, 0.717) is 10.6 Å². The number of rotatable bonds is 2. The summed E-state index contributed by atoms with van der Waals surface area (Å²) in [5.41, 5.74) is 1.42. The fourth-order valence-electron chi connectivity index (χ4n) is 2.83. The molecular formula is C20H13FN2OS. The molecule has 0 aliphatic carbocycles. The zero-order valence-electron chi connectivity index (χ0n) is 13.1. The van der Waals surface area contributed by atoms with Crippen molar-refractivity contribution in [1.29, 1.82) is 5.41 Å². The van der Waals surface area contributed by atoms with Crippen molar-refractivity contribution < 1.29 is 9.18 Å². The van der Waals surface area contributed by atoms with E-state index < -0.39 is 0 Å². The van der Waals surface area contributed by atoms with Gasteiger partial charge in [0.15, 0.2) is 5.17 Å². The van der Waals surface area contributed by atoms with Gasteiger partial charge in [0, 0.05) is 0 Å². The number of anilines is 1. The molecule has 0 spiro atoms. The van der Waals surface area contributed by atoms with E-state index in [4.69, 9.17) is 5.41 Å². The number of thioether (sulfide) groups is 1. The van der Waals surface area contributed by atoms with E-state index in [1.54, 1.807) is 0 Å². The Morgan fingerprint density at radius 2 is 1.68 bits per heavy atom. The van der Waals surface area contributed by atoms with Crippen molar-refractivity contribution in [2.75, 3.05) is 4.90 Å². The number of hydrogen-bond acceptors (Lipinski definition) is 3. The highest BCUT2D eigenvalue weighted by Gasteiger charge is 2.33. The van der Waals surface area contributed by atoms with E-state index in [9.17, 15) is 9.18 Å². The van der Waals surface area contributed by atoms with E-state index in [-0.39, 0.29) is 16.9 Å². The number of fused-ring (bicyclic) bond motifs is 1. The summed E-state index contributed by atoms with van der Waals surface area (Å²) >= 11 is 1.11. The van der Waals surface area contributed by atoms with Crippen molar-refractivity contribution in [3.05, 3.63) is 83.0 Å². The Morgan fingerprint density at radius 3 is 2.48 bits per heavy atom. The van der Waals surface area contributed by atoms with Gasteiger partial charge in [-0.3, -0.25) is 15.1 Å². The van der Waals surface area contributed by atoms with Crippen LogP contribution in [0.1, 0.15) is 5.56 Å². The summed E-state index contributed by atoms with van der Waals surface area (Å²) in [5.74, 6) is -0.643. The van der Waals surface area contributed by atoms with Crippen LogP contribution in [0.25, 0.3) is 16.8 Å². The number of hydrogen-bond donors (Lipinski definition) is 1. The molecule has 3 nitrogen and oxygen atoms in total. The summed E-state index contributed by atoms with van der Waals surface area (Å²) in [6.45, 7) is 0. The number of amides is 1. The van der Waals surface area contributed by atoms with Crippen molar-refractivity contribution in [3.8, 4) is 0 Å². The summed E-state index contributed by atoms with van der Waals surface area (Å²) in [7, 11) is 0. The molecule has 0 radical (unpaired) electrons. The van der Waals surface area contributed by atoms with Gasteiger partial charge in [-0.2, -0.15) is 0 Å². The molecular weight excluding hydrogens is 335 g/mol. The molecule has 1 aliphatic heterocycles. The lowest BCUT2D eigenvalue weighted by atomic mass is 10.0. The van der Waals surface area contributed by atoms with E-state index in [1.165, 1.54) is 29.2 Å². The lowest BCUT2D eigenvalue weighted by Crippen LogP contribution is -2.28. The third-order valence-electron chi connectivity index (χ3n) is 4.02. The first-order valence-corrected chi connectivity index (χ1v) is 8.51. The van der Waals surface area contributed by atoms with Crippen LogP contribution in [-0.4, -0.2) is 11.1 Å². The minimum absolute atomic E-state index is 0.114. The Labute approximate surface area is 148 Å². The third kappa shape index (κ3) is 2.83. The van der Waals surface area contributed by atoms with Crippen LogP contribution >= 0.6 is 11.8 Å². The minimum atomic E-state index is -0.374.